The summed E-state index contributed by atoms with van der Waals surface area (Å²) in [6.07, 6.45) is 4.48. The van der Waals surface area contributed by atoms with E-state index in [0.29, 0.717) is 12.2 Å². The van der Waals surface area contributed by atoms with Crippen LogP contribution in [-0.4, -0.2) is 35.6 Å². The van der Waals surface area contributed by atoms with Gasteiger partial charge in [-0.3, -0.25) is 4.79 Å². The van der Waals surface area contributed by atoms with Crippen LogP contribution in [0.4, 0.5) is 23.1 Å². The number of carbonyl (C=O) groups is 1. The third-order valence-electron chi connectivity index (χ3n) is 5.53. The molecule has 1 amide bonds. The Labute approximate surface area is 195 Å². The van der Waals surface area contributed by atoms with Crippen LogP contribution >= 0.6 is 0 Å². The number of nitrogens with one attached hydrogen (secondary N) is 2. The summed E-state index contributed by atoms with van der Waals surface area (Å²) < 4.78 is 5.65. The van der Waals surface area contributed by atoms with Crippen LogP contribution in [0.5, 0.6) is 5.75 Å². The van der Waals surface area contributed by atoms with Crippen LogP contribution in [0.3, 0.4) is 0 Å². The average Bonchev–Trinajstić information content (AvgIpc) is 3.36. The van der Waals surface area contributed by atoms with Crippen LogP contribution in [0.1, 0.15) is 48.7 Å². The second-order valence-electron chi connectivity index (χ2n) is 8.27. The fraction of sp³-hybridized carbons (Fsp3) is 0.346. The predicted molar refractivity (Wildman–Crippen MR) is 133 cm³/mol. The van der Waals surface area contributed by atoms with Gasteiger partial charge in [0.15, 0.2) is 0 Å². The van der Waals surface area contributed by atoms with E-state index in [0.717, 1.165) is 60.5 Å². The first kappa shape index (κ1) is 22.6. The van der Waals surface area contributed by atoms with Crippen molar-refractivity contribution in [3.63, 3.8) is 0 Å². The molecule has 1 aromatic heterocycles. The Morgan fingerprint density at radius 2 is 1.70 bits per heavy atom. The number of rotatable bonds is 9. The molecule has 0 bridgehead atoms. The van der Waals surface area contributed by atoms with Crippen molar-refractivity contribution in [2.45, 2.75) is 39.5 Å². The lowest BCUT2D eigenvalue weighted by Crippen LogP contribution is -2.21. The molecule has 172 valence electrons. The molecular weight excluding hydrogens is 414 g/mol. The fourth-order valence-corrected chi connectivity index (χ4v) is 3.70. The van der Waals surface area contributed by atoms with Gasteiger partial charge in [-0.1, -0.05) is 13.3 Å². The van der Waals surface area contributed by atoms with Crippen molar-refractivity contribution >= 4 is 29.0 Å². The summed E-state index contributed by atoms with van der Waals surface area (Å²) in [5.41, 5.74) is 3.14. The van der Waals surface area contributed by atoms with E-state index in [1.807, 2.05) is 49.4 Å². The zero-order valence-corrected chi connectivity index (χ0v) is 19.3. The zero-order valence-electron chi connectivity index (χ0n) is 19.3. The van der Waals surface area contributed by atoms with Crippen LogP contribution in [0.2, 0.25) is 0 Å². The van der Waals surface area contributed by atoms with Gasteiger partial charge in [-0.15, -0.1) is 0 Å². The lowest BCUT2D eigenvalue weighted by molar-refractivity contribution is 0.102. The van der Waals surface area contributed by atoms with Crippen molar-refractivity contribution in [2.75, 3.05) is 35.2 Å². The minimum absolute atomic E-state index is 0.155. The smallest absolute Gasteiger partial charge is 0.255 e. The van der Waals surface area contributed by atoms with Gasteiger partial charge in [0.1, 0.15) is 11.6 Å². The Kier molecular flexibility index (Phi) is 7.40. The van der Waals surface area contributed by atoms with Crippen molar-refractivity contribution in [1.82, 2.24) is 9.97 Å². The minimum Gasteiger partial charge on any atom is -0.494 e. The molecule has 2 aromatic carbocycles. The number of anilines is 4. The van der Waals surface area contributed by atoms with Gasteiger partial charge >= 0.3 is 0 Å². The van der Waals surface area contributed by atoms with Gasteiger partial charge < -0.3 is 20.3 Å². The molecular formula is C26H31N5O2. The van der Waals surface area contributed by atoms with Crippen LogP contribution in [0.25, 0.3) is 0 Å². The first-order chi connectivity index (χ1) is 16.1. The number of unbranched alkanes of at least 4 members (excludes halogenated alkanes) is 1. The monoisotopic (exact) mass is 445 g/mol. The van der Waals surface area contributed by atoms with E-state index in [9.17, 15) is 4.79 Å². The number of amides is 1. The molecule has 0 radical (unpaired) electrons. The summed E-state index contributed by atoms with van der Waals surface area (Å²) in [7, 11) is 0. The highest BCUT2D eigenvalue weighted by Gasteiger charge is 2.16. The molecule has 7 nitrogen and oxygen atoms in total. The van der Waals surface area contributed by atoms with E-state index in [1.54, 1.807) is 12.1 Å². The molecule has 1 saturated heterocycles. The third kappa shape index (κ3) is 6.22. The summed E-state index contributed by atoms with van der Waals surface area (Å²) >= 11 is 0. The minimum atomic E-state index is -0.155. The van der Waals surface area contributed by atoms with Gasteiger partial charge in [0.25, 0.3) is 5.91 Å². The number of ether oxygens (including phenoxy) is 1. The van der Waals surface area contributed by atoms with Gasteiger partial charge in [-0.2, -0.15) is 4.98 Å². The number of hydrogen-bond donors (Lipinski definition) is 2. The Morgan fingerprint density at radius 1 is 1.00 bits per heavy atom. The highest BCUT2D eigenvalue weighted by molar-refractivity contribution is 6.04. The second-order valence-corrected chi connectivity index (χ2v) is 8.27. The van der Waals surface area contributed by atoms with Gasteiger partial charge in [0.05, 0.1) is 6.61 Å². The maximum atomic E-state index is 12.6. The molecule has 3 aromatic rings. The maximum Gasteiger partial charge on any atom is 0.255 e. The quantitative estimate of drug-likeness (QED) is 0.420. The molecule has 7 heteroatoms. The molecule has 0 spiro atoms. The van der Waals surface area contributed by atoms with E-state index < -0.39 is 0 Å². The van der Waals surface area contributed by atoms with E-state index >= 15 is 0 Å². The van der Waals surface area contributed by atoms with Crippen molar-refractivity contribution in [2.24, 2.45) is 0 Å². The molecule has 0 atom stereocenters. The van der Waals surface area contributed by atoms with Crippen LogP contribution in [0, 0.1) is 6.92 Å². The normalized spacial score (nSPS) is 13.1. The first-order valence-corrected chi connectivity index (χ1v) is 11.6. The van der Waals surface area contributed by atoms with Gasteiger partial charge in [0, 0.05) is 41.8 Å². The molecule has 2 N–H and O–H groups in total. The molecule has 33 heavy (non-hydrogen) atoms. The Morgan fingerprint density at radius 3 is 2.39 bits per heavy atom. The van der Waals surface area contributed by atoms with Crippen molar-refractivity contribution in [3.05, 3.63) is 65.9 Å². The number of carbonyl (C=O) groups excluding carboxylic acids is 1. The average molecular weight is 446 g/mol. The molecule has 1 fully saturated rings. The van der Waals surface area contributed by atoms with Gasteiger partial charge in [0.2, 0.25) is 5.95 Å². The number of benzene rings is 2. The summed E-state index contributed by atoms with van der Waals surface area (Å²) in [6, 6.07) is 16.8. The lowest BCUT2D eigenvalue weighted by atomic mass is 10.2. The van der Waals surface area contributed by atoms with E-state index in [2.05, 4.69) is 32.4 Å². The number of hydrogen-bond acceptors (Lipinski definition) is 6. The second kappa shape index (κ2) is 10.8. The van der Waals surface area contributed by atoms with Crippen molar-refractivity contribution in [1.29, 1.82) is 0 Å². The standard InChI is InChI=1S/C26H31N5O2/c1-3-4-17-33-23-13-7-20(8-14-23)25(32)29-22-11-9-21(10-12-22)28-24-18-19(2)27-26(30-24)31-15-5-6-16-31/h7-14,18H,3-6,15-17H2,1-2H3,(H,29,32)(H,27,28,30). The zero-order chi connectivity index (χ0) is 23.0. The molecule has 1 aliphatic heterocycles. The summed E-state index contributed by atoms with van der Waals surface area (Å²) in [4.78, 5) is 24.0. The van der Waals surface area contributed by atoms with Crippen molar-refractivity contribution in [3.8, 4) is 5.75 Å². The summed E-state index contributed by atoms with van der Waals surface area (Å²) in [5, 5.41) is 6.28. The fourth-order valence-electron chi connectivity index (χ4n) is 3.70. The first-order valence-electron chi connectivity index (χ1n) is 11.6. The molecule has 1 aliphatic rings. The third-order valence-corrected chi connectivity index (χ3v) is 5.53. The number of nitrogens with zero attached hydrogens (tertiary/aromatic N) is 3. The Hall–Kier alpha value is -3.61. The molecule has 0 unspecified atom stereocenters. The summed E-state index contributed by atoms with van der Waals surface area (Å²) in [5.74, 6) is 2.17. The van der Waals surface area contributed by atoms with Gasteiger partial charge in [-0.05, 0) is 74.7 Å². The van der Waals surface area contributed by atoms with E-state index in [1.165, 1.54) is 12.8 Å². The van der Waals surface area contributed by atoms with Crippen LogP contribution < -0.4 is 20.3 Å². The maximum absolute atomic E-state index is 12.6. The molecule has 0 aliphatic carbocycles. The highest BCUT2D eigenvalue weighted by atomic mass is 16.5. The van der Waals surface area contributed by atoms with E-state index in [-0.39, 0.29) is 5.91 Å². The largest absolute Gasteiger partial charge is 0.494 e. The number of aryl methyl sites for hydroxylation is 1. The SMILES string of the molecule is CCCCOc1ccc(C(=O)Nc2ccc(Nc3cc(C)nc(N4CCCC4)n3)cc2)cc1. The molecule has 0 saturated carbocycles. The Bertz CT molecular complexity index is 1060. The summed E-state index contributed by atoms with van der Waals surface area (Å²) in [6.45, 7) is 6.81. The molecule has 2 heterocycles. The number of aromatic nitrogens is 2. The molecule has 4 rings (SSSR count). The van der Waals surface area contributed by atoms with E-state index in [4.69, 9.17) is 4.74 Å². The Balaban J connectivity index is 1.35. The van der Waals surface area contributed by atoms with Crippen LogP contribution in [0.15, 0.2) is 54.6 Å². The highest BCUT2D eigenvalue weighted by Crippen LogP contribution is 2.22. The lowest BCUT2D eigenvalue weighted by Gasteiger charge is -2.17. The topological polar surface area (TPSA) is 79.4 Å². The van der Waals surface area contributed by atoms with Crippen molar-refractivity contribution < 1.29 is 9.53 Å². The van der Waals surface area contributed by atoms with Crippen LogP contribution in [-0.2, 0) is 0 Å². The predicted octanol–water partition coefficient (Wildman–Crippen LogP) is 5.56. The van der Waals surface area contributed by atoms with Gasteiger partial charge in [-0.25, -0.2) is 4.98 Å².